The standard InChI is InChI=1S/C15H17N5O/c21-8-2-7-20-11-13(18-19-20)10-17-15-4-1-3-12-9-16-6-5-14(12)15/h1,3-6,9,11,17,21H,2,7-8,10H2. The van der Waals surface area contributed by atoms with Crippen molar-refractivity contribution < 1.29 is 5.11 Å². The van der Waals surface area contributed by atoms with Crippen molar-refractivity contribution in [3.05, 3.63) is 48.5 Å². The first-order chi connectivity index (χ1) is 10.4. The maximum Gasteiger partial charge on any atom is 0.102 e. The molecule has 0 spiro atoms. The molecule has 0 aliphatic carbocycles. The predicted molar refractivity (Wildman–Crippen MR) is 80.8 cm³/mol. The number of rotatable bonds is 6. The van der Waals surface area contributed by atoms with Crippen LogP contribution in [-0.2, 0) is 13.1 Å². The Balaban J connectivity index is 1.70. The Bertz CT molecular complexity index is 719. The maximum absolute atomic E-state index is 8.81. The van der Waals surface area contributed by atoms with E-state index in [1.807, 2.05) is 36.7 Å². The molecular weight excluding hydrogens is 266 g/mol. The van der Waals surface area contributed by atoms with Gasteiger partial charge in [-0.15, -0.1) is 5.10 Å². The van der Waals surface area contributed by atoms with Crippen molar-refractivity contribution in [3.8, 4) is 0 Å². The van der Waals surface area contributed by atoms with Crippen molar-refractivity contribution in [2.75, 3.05) is 11.9 Å². The molecule has 3 rings (SSSR count). The molecule has 0 amide bonds. The normalized spacial score (nSPS) is 10.9. The van der Waals surface area contributed by atoms with Gasteiger partial charge in [0.1, 0.15) is 5.69 Å². The van der Waals surface area contributed by atoms with E-state index in [1.54, 1.807) is 10.9 Å². The Morgan fingerprint density at radius 2 is 2.19 bits per heavy atom. The van der Waals surface area contributed by atoms with Gasteiger partial charge in [-0.05, 0) is 18.6 Å². The smallest absolute Gasteiger partial charge is 0.102 e. The minimum atomic E-state index is 0.164. The topological polar surface area (TPSA) is 75.9 Å². The van der Waals surface area contributed by atoms with Crippen LogP contribution in [0.1, 0.15) is 12.1 Å². The van der Waals surface area contributed by atoms with Crippen LogP contribution in [0, 0.1) is 0 Å². The van der Waals surface area contributed by atoms with Gasteiger partial charge < -0.3 is 10.4 Å². The molecule has 108 valence electrons. The number of hydrogen-bond donors (Lipinski definition) is 2. The summed E-state index contributed by atoms with van der Waals surface area (Å²) in [5.41, 5.74) is 1.93. The van der Waals surface area contributed by atoms with Crippen LogP contribution in [0.4, 0.5) is 5.69 Å². The summed E-state index contributed by atoms with van der Waals surface area (Å²) in [7, 11) is 0. The van der Waals surface area contributed by atoms with Gasteiger partial charge >= 0.3 is 0 Å². The highest BCUT2D eigenvalue weighted by atomic mass is 16.3. The van der Waals surface area contributed by atoms with Gasteiger partial charge in [-0.25, -0.2) is 0 Å². The van der Waals surface area contributed by atoms with Crippen LogP contribution >= 0.6 is 0 Å². The van der Waals surface area contributed by atoms with E-state index >= 15 is 0 Å². The number of aryl methyl sites for hydroxylation is 1. The molecule has 3 aromatic rings. The van der Waals surface area contributed by atoms with E-state index in [9.17, 15) is 0 Å². The van der Waals surface area contributed by atoms with E-state index in [0.29, 0.717) is 19.5 Å². The Morgan fingerprint density at radius 1 is 1.24 bits per heavy atom. The molecule has 0 aliphatic rings. The highest BCUT2D eigenvalue weighted by Gasteiger charge is 2.03. The minimum absolute atomic E-state index is 0.164. The number of aliphatic hydroxyl groups excluding tert-OH is 1. The molecule has 2 N–H and O–H groups in total. The van der Waals surface area contributed by atoms with Gasteiger partial charge in [0.15, 0.2) is 0 Å². The number of anilines is 1. The number of pyridine rings is 1. The van der Waals surface area contributed by atoms with Crippen molar-refractivity contribution in [1.82, 2.24) is 20.0 Å². The third-order valence-electron chi connectivity index (χ3n) is 3.27. The van der Waals surface area contributed by atoms with E-state index in [4.69, 9.17) is 5.11 Å². The average molecular weight is 283 g/mol. The Labute approximate surface area is 122 Å². The molecule has 0 saturated heterocycles. The minimum Gasteiger partial charge on any atom is -0.396 e. The van der Waals surface area contributed by atoms with Gasteiger partial charge in [-0.3, -0.25) is 9.67 Å². The fourth-order valence-corrected chi connectivity index (χ4v) is 2.22. The molecule has 2 heterocycles. The van der Waals surface area contributed by atoms with Crippen molar-refractivity contribution in [2.45, 2.75) is 19.5 Å². The van der Waals surface area contributed by atoms with Gasteiger partial charge in [0.05, 0.1) is 12.7 Å². The number of hydrogen-bond acceptors (Lipinski definition) is 5. The Morgan fingerprint density at radius 3 is 3.10 bits per heavy atom. The molecule has 0 atom stereocenters. The van der Waals surface area contributed by atoms with Crippen molar-refractivity contribution in [1.29, 1.82) is 0 Å². The van der Waals surface area contributed by atoms with Gasteiger partial charge in [-0.1, -0.05) is 17.3 Å². The summed E-state index contributed by atoms with van der Waals surface area (Å²) >= 11 is 0. The number of nitrogens with one attached hydrogen (secondary N) is 1. The lowest BCUT2D eigenvalue weighted by Crippen LogP contribution is -2.01. The number of aliphatic hydroxyl groups is 1. The first-order valence-electron chi connectivity index (χ1n) is 6.93. The van der Waals surface area contributed by atoms with Crippen LogP contribution in [0.25, 0.3) is 10.8 Å². The predicted octanol–water partition coefficient (Wildman–Crippen LogP) is 1.82. The molecular formula is C15H17N5O. The van der Waals surface area contributed by atoms with E-state index < -0.39 is 0 Å². The largest absolute Gasteiger partial charge is 0.396 e. The lowest BCUT2D eigenvalue weighted by molar-refractivity contribution is 0.276. The van der Waals surface area contributed by atoms with Crippen LogP contribution in [0.5, 0.6) is 0 Å². The van der Waals surface area contributed by atoms with Crippen molar-refractivity contribution >= 4 is 16.5 Å². The van der Waals surface area contributed by atoms with Crippen LogP contribution in [0.3, 0.4) is 0 Å². The van der Waals surface area contributed by atoms with Crippen LogP contribution in [0.15, 0.2) is 42.9 Å². The first kappa shape index (κ1) is 13.5. The molecule has 21 heavy (non-hydrogen) atoms. The average Bonchev–Trinajstić information content (AvgIpc) is 2.99. The zero-order valence-electron chi connectivity index (χ0n) is 11.6. The van der Waals surface area contributed by atoms with E-state index in [-0.39, 0.29) is 6.61 Å². The quantitative estimate of drug-likeness (QED) is 0.721. The van der Waals surface area contributed by atoms with E-state index in [2.05, 4.69) is 20.6 Å². The van der Waals surface area contributed by atoms with Gasteiger partial charge in [0, 0.05) is 42.0 Å². The van der Waals surface area contributed by atoms with Gasteiger partial charge in [0.25, 0.3) is 0 Å². The van der Waals surface area contributed by atoms with Gasteiger partial charge in [-0.2, -0.15) is 0 Å². The summed E-state index contributed by atoms with van der Waals surface area (Å²) in [6.45, 7) is 1.46. The molecule has 0 aliphatic heterocycles. The number of nitrogens with zero attached hydrogens (tertiary/aromatic N) is 4. The highest BCUT2D eigenvalue weighted by Crippen LogP contribution is 2.22. The Kier molecular flexibility index (Phi) is 4.07. The summed E-state index contributed by atoms with van der Waals surface area (Å²) < 4.78 is 1.75. The summed E-state index contributed by atoms with van der Waals surface area (Å²) in [5.74, 6) is 0. The third kappa shape index (κ3) is 3.17. The molecule has 6 heteroatoms. The number of aromatic nitrogens is 4. The van der Waals surface area contributed by atoms with Crippen molar-refractivity contribution in [3.63, 3.8) is 0 Å². The fraction of sp³-hybridized carbons (Fsp3) is 0.267. The molecule has 0 bridgehead atoms. The zero-order chi connectivity index (χ0) is 14.5. The van der Waals surface area contributed by atoms with E-state index in [1.165, 1.54) is 0 Å². The molecule has 0 unspecified atom stereocenters. The maximum atomic E-state index is 8.81. The molecule has 1 aromatic carbocycles. The molecule has 0 fully saturated rings. The third-order valence-corrected chi connectivity index (χ3v) is 3.27. The zero-order valence-corrected chi connectivity index (χ0v) is 11.6. The molecule has 0 radical (unpaired) electrons. The SMILES string of the molecule is OCCCn1cc(CNc2cccc3cnccc23)nn1. The molecule has 6 nitrogen and oxygen atoms in total. The summed E-state index contributed by atoms with van der Waals surface area (Å²) in [6.07, 6.45) is 6.23. The second kappa shape index (κ2) is 6.32. The fourth-order valence-electron chi connectivity index (χ4n) is 2.22. The van der Waals surface area contributed by atoms with Crippen molar-refractivity contribution in [2.24, 2.45) is 0 Å². The first-order valence-corrected chi connectivity index (χ1v) is 6.93. The number of fused-ring (bicyclic) bond motifs is 1. The number of benzene rings is 1. The molecule has 2 aromatic heterocycles. The monoisotopic (exact) mass is 283 g/mol. The molecule has 0 saturated carbocycles. The van der Waals surface area contributed by atoms with Gasteiger partial charge in [0.2, 0.25) is 0 Å². The summed E-state index contributed by atoms with van der Waals surface area (Å²) in [6, 6.07) is 8.08. The lowest BCUT2D eigenvalue weighted by atomic mass is 10.1. The van der Waals surface area contributed by atoms with Crippen LogP contribution in [0.2, 0.25) is 0 Å². The van der Waals surface area contributed by atoms with Crippen LogP contribution < -0.4 is 5.32 Å². The highest BCUT2D eigenvalue weighted by molar-refractivity contribution is 5.93. The summed E-state index contributed by atoms with van der Waals surface area (Å²) in [5, 5.41) is 22.6. The second-order valence-corrected chi connectivity index (χ2v) is 4.81. The summed E-state index contributed by atoms with van der Waals surface area (Å²) in [4.78, 5) is 4.13. The second-order valence-electron chi connectivity index (χ2n) is 4.81. The van der Waals surface area contributed by atoms with Crippen LogP contribution in [-0.4, -0.2) is 31.7 Å². The lowest BCUT2D eigenvalue weighted by Gasteiger charge is -2.07. The Hall–Kier alpha value is -2.47. The van der Waals surface area contributed by atoms with E-state index in [0.717, 1.165) is 22.2 Å².